The molecule has 1 rings (SSSR count). The predicted molar refractivity (Wildman–Crippen MR) is 40.0 cm³/mol. The number of nitrogens with one attached hydrogen (secondary N) is 1. The number of furan rings is 1. The van der Waals surface area contributed by atoms with Gasteiger partial charge in [0.15, 0.2) is 5.88 Å². The van der Waals surface area contributed by atoms with Gasteiger partial charge in [0.2, 0.25) is 0 Å². The molecule has 2 nitrogen and oxygen atoms in total. The quantitative estimate of drug-likeness (QED) is 0.641. The summed E-state index contributed by atoms with van der Waals surface area (Å²) in [6.45, 7) is 0. The van der Waals surface area contributed by atoms with Crippen molar-refractivity contribution in [2.75, 3.05) is 18.6 Å². The van der Waals surface area contributed by atoms with Gasteiger partial charge in [0.25, 0.3) is 0 Å². The first-order chi connectivity index (χ1) is 4.36. The fraction of sp³-hybridized carbons (Fsp3) is 0.333. The van der Waals surface area contributed by atoms with Gasteiger partial charge in [0.05, 0.1) is 0 Å². The molecule has 1 N–H and O–H groups in total. The Bertz CT molecular complexity index is 166. The van der Waals surface area contributed by atoms with E-state index in [0.717, 1.165) is 10.8 Å². The summed E-state index contributed by atoms with van der Waals surface area (Å²) in [7, 11) is 1.84. The van der Waals surface area contributed by atoms with Crippen LogP contribution in [0.1, 0.15) is 0 Å². The Balaban J connectivity index is 2.74. The maximum Gasteiger partial charge on any atom is 0.193 e. The molecule has 50 valence electrons. The molecule has 0 aliphatic rings. The average molecular weight is 143 g/mol. The van der Waals surface area contributed by atoms with Gasteiger partial charge in [-0.05, 0) is 6.26 Å². The Morgan fingerprint density at radius 1 is 1.67 bits per heavy atom. The van der Waals surface area contributed by atoms with E-state index in [2.05, 4.69) is 5.32 Å². The van der Waals surface area contributed by atoms with Gasteiger partial charge in [0.1, 0.15) is 6.26 Å². The van der Waals surface area contributed by atoms with E-state index in [9.17, 15) is 0 Å². The third-order valence-corrected chi connectivity index (χ3v) is 1.74. The first kappa shape index (κ1) is 6.55. The van der Waals surface area contributed by atoms with E-state index in [-0.39, 0.29) is 0 Å². The zero-order valence-electron chi connectivity index (χ0n) is 5.47. The minimum absolute atomic E-state index is 0.819. The minimum Gasteiger partial charge on any atom is -0.448 e. The first-order valence-electron chi connectivity index (χ1n) is 2.67. The van der Waals surface area contributed by atoms with Crippen molar-refractivity contribution in [3.63, 3.8) is 0 Å². The molecule has 1 aromatic heterocycles. The number of anilines is 1. The molecular weight excluding hydrogens is 134 g/mol. The number of rotatable bonds is 2. The van der Waals surface area contributed by atoms with Gasteiger partial charge in [-0.15, -0.1) is 11.8 Å². The zero-order chi connectivity index (χ0) is 6.69. The maximum absolute atomic E-state index is 5.07. The number of hydrogen-bond donors (Lipinski definition) is 1. The largest absolute Gasteiger partial charge is 0.448 e. The van der Waals surface area contributed by atoms with Crippen LogP contribution in [0.25, 0.3) is 0 Å². The number of thioether (sulfide) groups is 1. The van der Waals surface area contributed by atoms with Crippen molar-refractivity contribution < 1.29 is 4.42 Å². The molecule has 0 amide bonds. The summed E-state index contributed by atoms with van der Waals surface area (Å²) in [4.78, 5) is 1.15. The molecule has 3 heteroatoms. The van der Waals surface area contributed by atoms with Crippen LogP contribution in [0.5, 0.6) is 0 Å². The van der Waals surface area contributed by atoms with E-state index in [1.54, 1.807) is 18.0 Å². The lowest BCUT2D eigenvalue weighted by Crippen LogP contribution is -1.81. The van der Waals surface area contributed by atoms with Crippen molar-refractivity contribution >= 4 is 17.6 Å². The van der Waals surface area contributed by atoms with E-state index < -0.39 is 0 Å². The van der Waals surface area contributed by atoms with Gasteiger partial charge < -0.3 is 9.73 Å². The minimum atomic E-state index is 0.819. The topological polar surface area (TPSA) is 25.2 Å². The van der Waals surface area contributed by atoms with Crippen LogP contribution >= 0.6 is 11.8 Å². The molecule has 0 saturated heterocycles. The summed E-state index contributed by atoms with van der Waals surface area (Å²) < 4.78 is 5.07. The van der Waals surface area contributed by atoms with E-state index in [0.29, 0.717) is 0 Å². The molecule has 0 aromatic carbocycles. The van der Waals surface area contributed by atoms with Crippen molar-refractivity contribution in [1.29, 1.82) is 0 Å². The fourth-order valence-electron chi connectivity index (χ4n) is 0.557. The molecule has 0 radical (unpaired) electrons. The second-order valence-corrected chi connectivity index (χ2v) is 2.48. The molecule has 0 atom stereocenters. The molecule has 0 aliphatic heterocycles. The summed E-state index contributed by atoms with van der Waals surface area (Å²) in [5, 5.41) is 2.90. The van der Waals surface area contributed by atoms with Crippen LogP contribution < -0.4 is 5.32 Å². The SMILES string of the molecule is CNc1cc(SC)co1. The van der Waals surface area contributed by atoms with Crippen molar-refractivity contribution in [3.8, 4) is 0 Å². The first-order valence-corrected chi connectivity index (χ1v) is 3.89. The van der Waals surface area contributed by atoms with E-state index in [1.165, 1.54) is 0 Å². The van der Waals surface area contributed by atoms with Crippen molar-refractivity contribution in [1.82, 2.24) is 0 Å². The van der Waals surface area contributed by atoms with Gasteiger partial charge in [-0.25, -0.2) is 0 Å². The van der Waals surface area contributed by atoms with Gasteiger partial charge in [-0.1, -0.05) is 0 Å². The van der Waals surface area contributed by atoms with Gasteiger partial charge in [-0.2, -0.15) is 0 Å². The fourth-order valence-corrected chi connectivity index (χ4v) is 0.926. The Hall–Kier alpha value is -0.570. The highest BCUT2D eigenvalue weighted by Gasteiger charge is 1.95. The Morgan fingerprint density at radius 3 is 2.78 bits per heavy atom. The Morgan fingerprint density at radius 2 is 2.44 bits per heavy atom. The van der Waals surface area contributed by atoms with Crippen molar-refractivity contribution in [3.05, 3.63) is 12.3 Å². The van der Waals surface area contributed by atoms with Crippen molar-refractivity contribution in [2.45, 2.75) is 4.90 Å². The lowest BCUT2D eigenvalue weighted by atomic mass is 10.6. The van der Waals surface area contributed by atoms with Crippen LogP contribution in [-0.4, -0.2) is 13.3 Å². The van der Waals surface area contributed by atoms with E-state index >= 15 is 0 Å². The summed E-state index contributed by atoms with van der Waals surface area (Å²) in [6, 6.07) is 1.96. The molecule has 0 unspecified atom stereocenters. The van der Waals surface area contributed by atoms with Crippen LogP contribution in [0.3, 0.4) is 0 Å². The summed E-state index contributed by atoms with van der Waals surface area (Å²) in [5.41, 5.74) is 0. The smallest absolute Gasteiger partial charge is 0.193 e. The molecule has 0 fully saturated rings. The molecule has 0 spiro atoms. The summed E-state index contributed by atoms with van der Waals surface area (Å²) in [5.74, 6) is 0.819. The highest BCUT2D eigenvalue weighted by Crippen LogP contribution is 2.20. The van der Waals surface area contributed by atoms with Crippen LogP contribution in [0.2, 0.25) is 0 Å². The zero-order valence-corrected chi connectivity index (χ0v) is 6.29. The summed E-state index contributed by atoms with van der Waals surface area (Å²) >= 11 is 1.67. The van der Waals surface area contributed by atoms with Crippen LogP contribution in [0, 0.1) is 0 Å². The summed E-state index contributed by atoms with van der Waals surface area (Å²) in [6.07, 6.45) is 3.75. The predicted octanol–water partition coefficient (Wildman–Crippen LogP) is 2.04. The third kappa shape index (κ3) is 1.42. The molecular formula is C6H9NOS. The highest BCUT2D eigenvalue weighted by molar-refractivity contribution is 7.98. The standard InChI is InChI=1S/C6H9NOS/c1-7-6-3-5(9-2)4-8-6/h3-4,7H,1-2H3. The van der Waals surface area contributed by atoms with Gasteiger partial charge in [-0.3, -0.25) is 0 Å². The second kappa shape index (κ2) is 2.82. The third-order valence-electron chi connectivity index (χ3n) is 1.06. The Kier molecular flexibility index (Phi) is 2.05. The van der Waals surface area contributed by atoms with E-state index in [4.69, 9.17) is 4.42 Å². The molecule has 1 heterocycles. The molecule has 0 aliphatic carbocycles. The molecule has 9 heavy (non-hydrogen) atoms. The van der Waals surface area contributed by atoms with Crippen LogP contribution in [0.15, 0.2) is 21.6 Å². The average Bonchev–Trinajstić information content (AvgIpc) is 2.34. The van der Waals surface area contributed by atoms with E-state index in [1.807, 2.05) is 19.4 Å². The lowest BCUT2D eigenvalue weighted by Gasteiger charge is -1.86. The van der Waals surface area contributed by atoms with Gasteiger partial charge >= 0.3 is 0 Å². The Labute approximate surface area is 58.6 Å². The second-order valence-electron chi connectivity index (χ2n) is 1.60. The monoisotopic (exact) mass is 143 g/mol. The lowest BCUT2D eigenvalue weighted by molar-refractivity contribution is 0.577. The normalized spacial score (nSPS) is 9.56. The maximum atomic E-state index is 5.07. The van der Waals surface area contributed by atoms with Crippen LogP contribution in [-0.2, 0) is 0 Å². The molecule has 1 aromatic rings. The van der Waals surface area contributed by atoms with Crippen molar-refractivity contribution in [2.24, 2.45) is 0 Å². The van der Waals surface area contributed by atoms with Gasteiger partial charge in [0, 0.05) is 18.0 Å². The van der Waals surface area contributed by atoms with Crippen LogP contribution in [0.4, 0.5) is 5.88 Å². The highest BCUT2D eigenvalue weighted by atomic mass is 32.2. The molecule has 0 saturated carbocycles. The molecule has 0 bridgehead atoms. The number of hydrogen-bond acceptors (Lipinski definition) is 3.